The molecule has 0 radical (unpaired) electrons. The van der Waals surface area contributed by atoms with Crippen LogP contribution in [-0.2, 0) is 0 Å². The van der Waals surface area contributed by atoms with E-state index in [4.69, 9.17) is 0 Å². The summed E-state index contributed by atoms with van der Waals surface area (Å²) in [6.45, 7) is 4.25. The maximum absolute atomic E-state index is 2.34. The number of rotatable bonds is 6. The quantitative estimate of drug-likeness (QED) is 0.229. The van der Waals surface area contributed by atoms with E-state index in [9.17, 15) is 0 Å². The monoisotopic (exact) mass is 490 g/mol. The van der Waals surface area contributed by atoms with Gasteiger partial charge >= 0.3 is 0 Å². The highest BCUT2D eigenvalue weighted by Crippen LogP contribution is 2.41. The topological polar surface area (TPSA) is 6.48 Å². The van der Waals surface area contributed by atoms with Gasteiger partial charge in [0, 0.05) is 33.8 Å². The molecule has 0 heterocycles. The van der Waals surface area contributed by atoms with E-state index in [1.807, 2.05) is 0 Å². The van der Waals surface area contributed by atoms with Gasteiger partial charge in [0.1, 0.15) is 0 Å². The van der Waals surface area contributed by atoms with Crippen LogP contribution in [0, 0.1) is 13.8 Å². The first-order chi connectivity index (χ1) is 18.7. The zero-order chi connectivity index (χ0) is 25.9. The first-order valence-corrected chi connectivity index (χ1v) is 13.0. The van der Waals surface area contributed by atoms with Gasteiger partial charge in [0.15, 0.2) is 0 Å². The van der Waals surface area contributed by atoms with Gasteiger partial charge < -0.3 is 9.80 Å². The van der Waals surface area contributed by atoms with Gasteiger partial charge in [-0.3, -0.25) is 0 Å². The summed E-state index contributed by atoms with van der Waals surface area (Å²) in [6, 6.07) is 52.0. The van der Waals surface area contributed by atoms with Gasteiger partial charge in [-0.25, -0.2) is 0 Å². The predicted octanol–water partition coefficient (Wildman–Crippen LogP) is 10.4. The van der Waals surface area contributed by atoms with E-state index in [1.165, 1.54) is 21.9 Å². The number of anilines is 6. The third-order valence-corrected chi connectivity index (χ3v) is 6.97. The normalized spacial score (nSPS) is 10.9. The molecule has 0 unspecified atom stereocenters. The van der Waals surface area contributed by atoms with Crippen LogP contribution in [0.4, 0.5) is 34.1 Å². The molecular formula is C36H30N2. The lowest BCUT2D eigenvalue weighted by Gasteiger charge is -2.29. The number of hydrogen-bond acceptors (Lipinski definition) is 2. The fraction of sp³-hybridized carbons (Fsp3) is 0.0556. The fourth-order valence-electron chi connectivity index (χ4n) is 4.99. The maximum Gasteiger partial charge on any atom is 0.0540 e. The number of hydrogen-bond donors (Lipinski definition) is 0. The smallest absolute Gasteiger partial charge is 0.0540 e. The summed E-state index contributed by atoms with van der Waals surface area (Å²) in [5.74, 6) is 0. The van der Waals surface area contributed by atoms with Crippen LogP contribution in [0.1, 0.15) is 11.1 Å². The van der Waals surface area contributed by atoms with E-state index in [1.54, 1.807) is 0 Å². The molecule has 0 fully saturated rings. The van der Waals surface area contributed by atoms with Crippen LogP contribution in [0.3, 0.4) is 0 Å². The maximum atomic E-state index is 2.34. The van der Waals surface area contributed by atoms with E-state index >= 15 is 0 Å². The molecule has 6 aromatic rings. The van der Waals surface area contributed by atoms with Gasteiger partial charge in [0.2, 0.25) is 0 Å². The molecule has 184 valence electrons. The molecule has 0 saturated heterocycles. The van der Waals surface area contributed by atoms with Gasteiger partial charge in [-0.15, -0.1) is 0 Å². The van der Waals surface area contributed by atoms with E-state index in [2.05, 4.69) is 169 Å². The highest BCUT2D eigenvalue weighted by atomic mass is 15.2. The summed E-state index contributed by atoms with van der Waals surface area (Å²) in [5.41, 5.74) is 9.31. The second-order valence-corrected chi connectivity index (χ2v) is 9.69. The van der Waals surface area contributed by atoms with E-state index in [0.717, 1.165) is 34.1 Å². The molecule has 0 atom stereocenters. The number of benzene rings is 6. The van der Waals surface area contributed by atoms with Crippen molar-refractivity contribution in [2.75, 3.05) is 9.80 Å². The molecular weight excluding hydrogens is 460 g/mol. The van der Waals surface area contributed by atoms with Crippen LogP contribution in [0.2, 0.25) is 0 Å². The number of nitrogens with zero attached hydrogens (tertiary/aromatic N) is 2. The fourth-order valence-corrected chi connectivity index (χ4v) is 4.99. The van der Waals surface area contributed by atoms with Crippen molar-refractivity contribution >= 4 is 44.9 Å². The average molecular weight is 491 g/mol. The summed E-state index contributed by atoms with van der Waals surface area (Å²) in [5, 5.41) is 2.45. The Labute approximate surface area is 225 Å². The molecule has 0 N–H and O–H groups in total. The lowest BCUT2D eigenvalue weighted by atomic mass is 10.1. The van der Waals surface area contributed by atoms with Crippen molar-refractivity contribution in [1.82, 2.24) is 0 Å². The Morgan fingerprint density at radius 1 is 0.342 bits per heavy atom. The van der Waals surface area contributed by atoms with Crippen molar-refractivity contribution < 1.29 is 0 Å². The lowest BCUT2D eigenvalue weighted by Crippen LogP contribution is -2.12. The zero-order valence-electron chi connectivity index (χ0n) is 21.8. The molecule has 0 aromatic heterocycles. The minimum atomic E-state index is 1.11. The second kappa shape index (κ2) is 10.3. The number of aryl methyl sites for hydroxylation is 2. The largest absolute Gasteiger partial charge is 0.311 e. The van der Waals surface area contributed by atoms with Crippen molar-refractivity contribution in [2.45, 2.75) is 13.8 Å². The molecule has 2 nitrogen and oxygen atoms in total. The third-order valence-electron chi connectivity index (χ3n) is 6.97. The number of fused-ring (bicyclic) bond motifs is 1. The molecule has 6 rings (SSSR count). The molecule has 0 amide bonds. The second-order valence-electron chi connectivity index (χ2n) is 9.69. The molecule has 2 heteroatoms. The van der Waals surface area contributed by atoms with Crippen LogP contribution < -0.4 is 9.80 Å². The van der Waals surface area contributed by atoms with Crippen molar-refractivity contribution in [3.8, 4) is 0 Å². The average Bonchev–Trinajstić information content (AvgIpc) is 2.97. The molecule has 0 aliphatic rings. The Kier molecular flexibility index (Phi) is 6.37. The van der Waals surface area contributed by atoms with Gasteiger partial charge in [-0.1, -0.05) is 90.0 Å². The Morgan fingerprint density at radius 3 is 1.34 bits per heavy atom. The molecule has 0 aliphatic carbocycles. The molecule has 0 bridgehead atoms. The summed E-state index contributed by atoms with van der Waals surface area (Å²) in [6.07, 6.45) is 0. The van der Waals surface area contributed by atoms with Crippen LogP contribution in [-0.4, -0.2) is 0 Å². The standard InChI is InChI=1S/C36H30N2/c1-27-15-19-31(20-16-27)37(32-21-17-28(2)18-22-32)33-23-25-34(26-24-33)38(30-11-4-3-5-12-30)36-14-8-10-29-9-6-7-13-35(29)36/h3-26H,1-2H3. The third kappa shape index (κ3) is 4.65. The molecule has 0 spiro atoms. The minimum Gasteiger partial charge on any atom is -0.311 e. The van der Waals surface area contributed by atoms with Crippen molar-refractivity contribution in [3.63, 3.8) is 0 Å². The SMILES string of the molecule is Cc1ccc(N(c2ccc(C)cc2)c2ccc(N(c3ccccc3)c3cccc4ccccc34)cc2)cc1. The minimum absolute atomic E-state index is 1.11. The molecule has 38 heavy (non-hydrogen) atoms. The first-order valence-electron chi connectivity index (χ1n) is 13.0. The van der Waals surface area contributed by atoms with Crippen LogP contribution in [0.5, 0.6) is 0 Å². The van der Waals surface area contributed by atoms with Crippen molar-refractivity contribution in [3.05, 3.63) is 157 Å². The highest BCUT2D eigenvalue weighted by molar-refractivity contribution is 5.99. The van der Waals surface area contributed by atoms with Gasteiger partial charge in [0.25, 0.3) is 0 Å². The Balaban J connectivity index is 1.47. The first kappa shape index (κ1) is 23.6. The molecule has 0 aliphatic heterocycles. The number of para-hydroxylation sites is 1. The van der Waals surface area contributed by atoms with Gasteiger partial charge in [-0.05, 0) is 86.0 Å². The van der Waals surface area contributed by atoms with E-state index in [-0.39, 0.29) is 0 Å². The highest BCUT2D eigenvalue weighted by Gasteiger charge is 2.17. The summed E-state index contributed by atoms with van der Waals surface area (Å²) < 4.78 is 0. The summed E-state index contributed by atoms with van der Waals surface area (Å²) >= 11 is 0. The van der Waals surface area contributed by atoms with Gasteiger partial charge in [0.05, 0.1) is 5.69 Å². The Hall–Kier alpha value is -4.82. The summed E-state index contributed by atoms with van der Waals surface area (Å²) in [7, 11) is 0. The summed E-state index contributed by atoms with van der Waals surface area (Å²) in [4.78, 5) is 4.65. The zero-order valence-corrected chi connectivity index (χ0v) is 21.8. The van der Waals surface area contributed by atoms with E-state index < -0.39 is 0 Å². The van der Waals surface area contributed by atoms with E-state index in [0.29, 0.717) is 0 Å². The lowest BCUT2D eigenvalue weighted by molar-refractivity contribution is 1.25. The molecule has 6 aromatic carbocycles. The van der Waals surface area contributed by atoms with Crippen LogP contribution in [0.25, 0.3) is 10.8 Å². The Bertz CT molecular complexity index is 1600. The van der Waals surface area contributed by atoms with Crippen molar-refractivity contribution in [1.29, 1.82) is 0 Å². The predicted molar refractivity (Wildman–Crippen MR) is 163 cm³/mol. The van der Waals surface area contributed by atoms with Crippen LogP contribution >= 0.6 is 0 Å². The molecule has 0 saturated carbocycles. The Morgan fingerprint density at radius 2 is 0.763 bits per heavy atom. The van der Waals surface area contributed by atoms with Crippen molar-refractivity contribution in [2.24, 2.45) is 0 Å². The van der Waals surface area contributed by atoms with Gasteiger partial charge in [-0.2, -0.15) is 0 Å². The van der Waals surface area contributed by atoms with Crippen LogP contribution in [0.15, 0.2) is 146 Å².